The molecule has 2 aliphatic heterocycles. The van der Waals surface area contributed by atoms with E-state index in [0.29, 0.717) is 18.9 Å². The molecule has 1 saturated carbocycles. The molecule has 0 bridgehead atoms. The normalized spacial score (nSPS) is 32.4. The second-order valence-electron chi connectivity index (χ2n) is 7.28. The van der Waals surface area contributed by atoms with Gasteiger partial charge in [0.25, 0.3) is 5.91 Å². The Labute approximate surface area is 138 Å². The van der Waals surface area contributed by atoms with Crippen molar-refractivity contribution in [1.29, 1.82) is 0 Å². The average molecular weight is 327 g/mol. The molecule has 3 aliphatic rings. The molecule has 126 valence electrons. The first kappa shape index (κ1) is 16.6. The van der Waals surface area contributed by atoms with Gasteiger partial charge in [-0.3, -0.25) is 9.69 Å². The van der Waals surface area contributed by atoms with Crippen LogP contribution in [-0.4, -0.2) is 70.6 Å². The Kier molecular flexibility index (Phi) is 5.69. The molecule has 0 aromatic carbocycles. The van der Waals surface area contributed by atoms with E-state index in [-0.39, 0.29) is 5.91 Å². The van der Waals surface area contributed by atoms with Crippen molar-refractivity contribution in [1.82, 2.24) is 9.80 Å². The smallest absolute Gasteiger partial charge is 0.255 e. The van der Waals surface area contributed by atoms with E-state index in [1.54, 1.807) is 0 Å². The number of carbonyl (C=O) groups excluding carboxylic acids is 1. The molecular weight excluding hydrogens is 296 g/mol. The van der Waals surface area contributed by atoms with Crippen LogP contribution in [0.1, 0.15) is 44.9 Å². The van der Waals surface area contributed by atoms with E-state index in [1.807, 2.05) is 16.7 Å². The Morgan fingerprint density at radius 1 is 1.09 bits per heavy atom. The fraction of sp³-hybridized carbons (Fsp3) is 0.941. The summed E-state index contributed by atoms with van der Waals surface area (Å²) in [7, 11) is 0. The van der Waals surface area contributed by atoms with Crippen LogP contribution in [0.5, 0.6) is 0 Å². The molecule has 3 fully saturated rings. The molecule has 1 aliphatic carbocycles. The number of nitrogens with zero attached hydrogens (tertiary/aromatic N) is 2. The van der Waals surface area contributed by atoms with E-state index >= 15 is 0 Å². The van der Waals surface area contributed by atoms with Crippen molar-refractivity contribution in [3.8, 4) is 0 Å². The molecule has 0 spiro atoms. The van der Waals surface area contributed by atoms with Crippen molar-refractivity contribution in [3.05, 3.63) is 0 Å². The molecule has 2 heterocycles. The fourth-order valence-electron chi connectivity index (χ4n) is 4.20. The van der Waals surface area contributed by atoms with Gasteiger partial charge in [-0.05, 0) is 31.6 Å². The lowest BCUT2D eigenvalue weighted by Crippen LogP contribution is -2.60. The summed E-state index contributed by atoms with van der Waals surface area (Å²) in [6, 6.07) is 0. The molecule has 3 rings (SSSR count). The minimum absolute atomic E-state index is 0.00236. The number of hydrogen-bond donors (Lipinski definition) is 1. The average Bonchev–Trinajstić information content (AvgIpc) is 2.54. The summed E-state index contributed by atoms with van der Waals surface area (Å²) in [5, 5.41) is 11.0. The molecule has 0 aromatic heterocycles. The predicted octanol–water partition coefficient (Wildman–Crippen LogP) is 1.97. The molecule has 5 heteroatoms. The van der Waals surface area contributed by atoms with Crippen molar-refractivity contribution in [2.75, 3.05) is 44.2 Å². The van der Waals surface area contributed by atoms with E-state index in [9.17, 15) is 9.90 Å². The minimum Gasteiger partial charge on any atom is -0.379 e. The van der Waals surface area contributed by atoms with E-state index < -0.39 is 5.60 Å². The van der Waals surface area contributed by atoms with Crippen LogP contribution >= 0.6 is 11.8 Å². The molecule has 2 saturated heterocycles. The highest BCUT2D eigenvalue weighted by atomic mass is 32.2. The molecule has 1 N–H and O–H groups in total. The zero-order valence-electron chi connectivity index (χ0n) is 13.6. The third kappa shape index (κ3) is 3.98. The van der Waals surface area contributed by atoms with E-state index in [2.05, 4.69) is 4.90 Å². The van der Waals surface area contributed by atoms with Gasteiger partial charge in [0.15, 0.2) is 5.60 Å². The van der Waals surface area contributed by atoms with Gasteiger partial charge in [0.05, 0.1) is 0 Å². The van der Waals surface area contributed by atoms with Gasteiger partial charge in [0.1, 0.15) is 0 Å². The van der Waals surface area contributed by atoms with Crippen molar-refractivity contribution in [2.24, 2.45) is 5.92 Å². The number of hydrogen-bond acceptors (Lipinski definition) is 4. The van der Waals surface area contributed by atoms with Crippen LogP contribution in [0.15, 0.2) is 0 Å². The van der Waals surface area contributed by atoms with Gasteiger partial charge in [0, 0.05) is 44.2 Å². The molecule has 1 amide bonds. The van der Waals surface area contributed by atoms with Crippen LogP contribution in [0, 0.1) is 5.92 Å². The number of carbonyl (C=O) groups is 1. The largest absolute Gasteiger partial charge is 0.379 e. The predicted molar refractivity (Wildman–Crippen MR) is 91.1 cm³/mol. The number of rotatable bonds is 4. The first-order valence-corrected chi connectivity index (χ1v) is 10.1. The number of amides is 1. The summed E-state index contributed by atoms with van der Waals surface area (Å²) in [4.78, 5) is 17.1. The highest BCUT2D eigenvalue weighted by molar-refractivity contribution is 7.99. The van der Waals surface area contributed by atoms with E-state index in [1.165, 1.54) is 32.1 Å². The van der Waals surface area contributed by atoms with Gasteiger partial charge in [-0.15, -0.1) is 0 Å². The lowest BCUT2D eigenvalue weighted by molar-refractivity contribution is -0.160. The van der Waals surface area contributed by atoms with Crippen LogP contribution in [-0.2, 0) is 4.79 Å². The molecule has 0 unspecified atom stereocenters. The van der Waals surface area contributed by atoms with Crippen LogP contribution in [0.2, 0.25) is 0 Å². The molecule has 0 radical (unpaired) electrons. The summed E-state index contributed by atoms with van der Waals surface area (Å²) in [5.41, 5.74) is -1.13. The van der Waals surface area contributed by atoms with E-state index in [4.69, 9.17) is 0 Å². The minimum atomic E-state index is -1.13. The molecular formula is C17H30N2O2S. The first-order valence-electron chi connectivity index (χ1n) is 8.99. The van der Waals surface area contributed by atoms with Crippen LogP contribution in [0.3, 0.4) is 0 Å². The van der Waals surface area contributed by atoms with Gasteiger partial charge >= 0.3 is 0 Å². The second kappa shape index (κ2) is 7.54. The number of aliphatic hydroxyl groups is 1. The van der Waals surface area contributed by atoms with Crippen molar-refractivity contribution >= 4 is 17.7 Å². The summed E-state index contributed by atoms with van der Waals surface area (Å²) in [6.45, 7) is 4.25. The Balaban J connectivity index is 1.58. The van der Waals surface area contributed by atoms with Crippen LogP contribution < -0.4 is 0 Å². The molecule has 22 heavy (non-hydrogen) atoms. The summed E-state index contributed by atoms with van der Waals surface area (Å²) >= 11 is 1.97. The Morgan fingerprint density at radius 2 is 1.82 bits per heavy atom. The summed E-state index contributed by atoms with van der Waals surface area (Å²) in [6.07, 6.45) is 8.05. The van der Waals surface area contributed by atoms with Crippen LogP contribution in [0.4, 0.5) is 0 Å². The maximum Gasteiger partial charge on any atom is 0.255 e. The van der Waals surface area contributed by atoms with E-state index in [0.717, 1.165) is 44.1 Å². The number of thioether (sulfide) groups is 1. The van der Waals surface area contributed by atoms with Gasteiger partial charge in [0.2, 0.25) is 0 Å². The molecule has 4 nitrogen and oxygen atoms in total. The number of piperidine rings is 1. The molecule has 1 atom stereocenters. The van der Waals surface area contributed by atoms with Gasteiger partial charge in [-0.2, -0.15) is 11.8 Å². The summed E-state index contributed by atoms with van der Waals surface area (Å²) < 4.78 is 0. The standard InChI is InChI=1S/C17H30N2O2S/c20-16-17(21,14-18-9-11-22-12-10-18)7-4-8-19(16)13-15-5-2-1-3-6-15/h15,21H,1-14H2/t17-/m1/s1. The number of likely N-dealkylation sites (tertiary alicyclic amines) is 1. The van der Waals surface area contributed by atoms with Gasteiger partial charge < -0.3 is 10.0 Å². The third-order valence-electron chi connectivity index (χ3n) is 5.50. The van der Waals surface area contributed by atoms with Crippen molar-refractivity contribution < 1.29 is 9.90 Å². The monoisotopic (exact) mass is 326 g/mol. The number of β-amino-alcohol motifs (C(OH)–C–C–N with tert-alkyl or cyclic N) is 1. The Morgan fingerprint density at radius 3 is 2.55 bits per heavy atom. The lowest BCUT2D eigenvalue weighted by atomic mass is 9.86. The zero-order valence-corrected chi connectivity index (χ0v) is 14.5. The third-order valence-corrected chi connectivity index (χ3v) is 6.44. The molecule has 0 aromatic rings. The summed E-state index contributed by atoms with van der Waals surface area (Å²) in [5.74, 6) is 2.90. The zero-order chi connectivity index (χ0) is 15.4. The maximum absolute atomic E-state index is 12.8. The van der Waals surface area contributed by atoms with Crippen molar-refractivity contribution in [3.63, 3.8) is 0 Å². The second-order valence-corrected chi connectivity index (χ2v) is 8.50. The van der Waals surface area contributed by atoms with Gasteiger partial charge in [-0.1, -0.05) is 19.3 Å². The highest BCUT2D eigenvalue weighted by Gasteiger charge is 2.43. The SMILES string of the molecule is O=C1N(CC2CCCCC2)CCC[C@@]1(O)CN1CCSCC1. The fourth-order valence-corrected chi connectivity index (χ4v) is 5.18. The van der Waals surface area contributed by atoms with Crippen LogP contribution in [0.25, 0.3) is 0 Å². The van der Waals surface area contributed by atoms with Crippen molar-refractivity contribution in [2.45, 2.75) is 50.5 Å². The Hall–Kier alpha value is -0.260. The first-order chi connectivity index (χ1) is 10.7. The maximum atomic E-state index is 12.8. The highest BCUT2D eigenvalue weighted by Crippen LogP contribution is 2.29. The Bertz CT molecular complexity index is 381. The van der Waals surface area contributed by atoms with Gasteiger partial charge in [-0.25, -0.2) is 0 Å². The quantitative estimate of drug-likeness (QED) is 0.858. The topological polar surface area (TPSA) is 43.8 Å². The lowest BCUT2D eigenvalue weighted by Gasteiger charge is -2.42.